The van der Waals surface area contributed by atoms with Crippen LogP contribution in [-0.2, 0) is 0 Å². The first-order valence-corrected chi connectivity index (χ1v) is 6.85. The number of thiazole rings is 1. The van der Waals surface area contributed by atoms with Crippen molar-refractivity contribution in [1.82, 2.24) is 10.3 Å². The zero-order valence-corrected chi connectivity index (χ0v) is 12.0. The molecule has 0 spiro atoms. The van der Waals surface area contributed by atoms with Crippen molar-refractivity contribution in [3.63, 3.8) is 0 Å². The number of amides is 3. The van der Waals surface area contributed by atoms with Gasteiger partial charge in [-0.3, -0.25) is 10.1 Å². The van der Waals surface area contributed by atoms with Crippen LogP contribution < -0.4 is 16.0 Å². The van der Waals surface area contributed by atoms with E-state index in [1.54, 1.807) is 29.6 Å². The number of hydrogen-bond donors (Lipinski definition) is 3. The number of benzene rings is 1. The average molecular weight is 311 g/mol. The van der Waals surface area contributed by atoms with E-state index in [-0.39, 0.29) is 11.6 Å². The first kappa shape index (κ1) is 14.3. The average Bonchev–Trinajstić information content (AvgIpc) is 2.86. The van der Waals surface area contributed by atoms with Gasteiger partial charge in [0.05, 0.1) is 0 Å². The van der Waals surface area contributed by atoms with E-state index in [0.717, 1.165) is 0 Å². The van der Waals surface area contributed by atoms with E-state index in [1.807, 2.05) is 0 Å². The van der Waals surface area contributed by atoms with Gasteiger partial charge in [-0.1, -0.05) is 17.7 Å². The van der Waals surface area contributed by atoms with Crippen molar-refractivity contribution >= 4 is 45.7 Å². The van der Waals surface area contributed by atoms with Crippen molar-refractivity contribution in [3.8, 4) is 0 Å². The van der Waals surface area contributed by atoms with Gasteiger partial charge in [0, 0.05) is 23.1 Å². The fourth-order valence-electron chi connectivity index (χ4n) is 1.39. The molecule has 2 aromatic rings. The molecule has 0 radical (unpaired) electrons. The third kappa shape index (κ3) is 3.69. The van der Waals surface area contributed by atoms with Crippen LogP contribution in [0.15, 0.2) is 29.6 Å². The monoisotopic (exact) mass is 310 g/mol. The number of nitrogens with zero attached hydrogens (tertiary/aromatic N) is 1. The molecule has 6 nitrogen and oxygen atoms in total. The minimum Gasteiger partial charge on any atom is -0.354 e. The molecule has 1 aromatic heterocycles. The Morgan fingerprint density at radius 3 is 2.80 bits per heavy atom. The largest absolute Gasteiger partial charge is 0.354 e. The molecule has 104 valence electrons. The Balaban J connectivity index is 1.98. The SMILES string of the molecule is CNC(=O)c1csc(NC(=O)Nc2cccc(Cl)c2)n1. The molecule has 0 saturated heterocycles. The van der Waals surface area contributed by atoms with Crippen LogP contribution in [0.5, 0.6) is 0 Å². The Kier molecular flexibility index (Phi) is 4.54. The highest BCUT2D eigenvalue weighted by molar-refractivity contribution is 7.14. The third-order valence-electron chi connectivity index (χ3n) is 2.27. The quantitative estimate of drug-likeness (QED) is 0.815. The van der Waals surface area contributed by atoms with E-state index in [0.29, 0.717) is 15.8 Å². The van der Waals surface area contributed by atoms with Gasteiger partial charge in [0.15, 0.2) is 5.13 Å². The van der Waals surface area contributed by atoms with Crippen molar-refractivity contribution < 1.29 is 9.59 Å². The zero-order chi connectivity index (χ0) is 14.5. The molecule has 0 fully saturated rings. The highest BCUT2D eigenvalue weighted by Crippen LogP contribution is 2.17. The van der Waals surface area contributed by atoms with Crippen LogP contribution in [0.3, 0.4) is 0 Å². The summed E-state index contributed by atoms with van der Waals surface area (Å²) in [6.07, 6.45) is 0. The Morgan fingerprint density at radius 1 is 1.30 bits per heavy atom. The van der Waals surface area contributed by atoms with Crippen molar-refractivity contribution in [2.75, 3.05) is 17.7 Å². The molecule has 0 bridgehead atoms. The molecule has 0 aliphatic rings. The molecule has 3 N–H and O–H groups in total. The smallest absolute Gasteiger partial charge is 0.325 e. The summed E-state index contributed by atoms with van der Waals surface area (Å²) < 4.78 is 0. The Labute approximate surface area is 124 Å². The van der Waals surface area contributed by atoms with Crippen molar-refractivity contribution in [3.05, 3.63) is 40.4 Å². The van der Waals surface area contributed by atoms with E-state index in [4.69, 9.17) is 11.6 Å². The number of urea groups is 1. The van der Waals surface area contributed by atoms with Gasteiger partial charge in [-0.2, -0.15) is 0 Å². The number of halogens is 1. The van der Waals surface area contributed by atoms with Crippen LogP contribution in [0.2, 0.25) is 5.02 Å². The zero-order valence-electron chi connectivity index (χ0n) is 10.4. The molecule has 0 saturated carbocycles. The van der Waals surface area contributed by atoms with E-state index >= 15 is 0 Å². The molecule has 0 aliphatic carbocycles. The van der Waals surface area contributed by atoms with Gasteiger partial charge in [0.2, 0.25) is 0 Å². The maximum atomic E-state index is 11.7. The van der Waals surface area contributed by atoms with Gasteiger partial charge in [-0.25, -0.2) is 9.78 Å². The second-order valence-corrected chi connectivity index (χ2v) is 5.00. The minimum absolute atomic E-state index is 0.260. The number of anilines is 2. The molecule has 1 heterocycles. The number of aromatic nitrogens is 1. The predicted molar refractivity (Wildman–Crippen MR) is 79.6 cm³/mol. The highest BCUT2D eigenvalue weighted by Gasteiger charge is 2.11. The Hall–Kier alpha value is -2.12. The minimum atomic E-state index is -0.454. The summed E-state index contributed by atoms with van der Waals surface area (Å²) in [6, 6.07) is 6.32. The lowest BCUT2D eigenvalue weighted by molar-refractivity contribution is 0.0959. The Bertz CT molecular complexity index is 644. The molecule has 8 heteroatoms. The van der Waals surface area contributed by atoms with E-state index < -0.39 is 6.03 Å². The van der Waals surface area contributed by atoms with Crippen molar-refractivity contribution in [2.24, 2.45) is 0 Å². The van der Waals surface area contributed by atoms with Gasteiger partial charge in [-0.05, 0) is 18.2 Å². The van der Waals surface area contributed by atoms with Gasteiger partial charge in [0.25, 0.3) is 5.91 Å². The molecule has 20 heavy (non-hydrogen) atoms. The number of carbonyl (C=O) groups excluding carboxylic acids is 2. The number of nitrogens with one attached hydrogen (secondary N) is 3. The fourth-order valence-corrected chi connectivity index (χ4v) is 2.27. The normalized spacial score (nSPS) is 9.90. The number of rotatable bonds is 3. The van der Waals surface area contributed by atoms with Crippen LogP contribution in [0.25, 0.3) is 0 Å². The third-order valence-corrected chi connectivity index (χ3v) is 3.26. The summed E-state index contributed by atoms with van der Waals surface area (Å²) in [7, 11) is 1.51. The summed E-state index contributed by atoms with van der Waals surface area (Å²) in [6.45, 7) is 0. The Morgan fingerprint density at radius 2 is 2.10 bits per heavy atom. The van der Waals surface area contributed by atoms with Crippen LogP contribution >= 0.6 is 22.9 Å². The number of hydrogen-bond acceptors (Lipinski definition) is 4. The van der Waals surface area contributed by atoms with E-state index in [9.17, 15) is 9.59 Å². The summed E-state index contributed by atoms with van der Waals surface area (Å²) in [5.74, 6) is -0.301. The summed E-state index contributed by atoms with van der Waals surface area (Å²) in [4.78, 5) is 27.1. The lowest BCUT2D eigenvalue weighted by Gasteiger charge is -2.05. The fraction of sp³-hybridized carbons (Fsp3) is 0.0833. The van der Waals surface area contributed by atoms with Crippen LogP contribution in [0.1, 0.15) is 10.5 Å². The molecule has 3 amide bonds. The summed E-state index contributed by atoms with van der Waals surface area (Å²) in [5, 5.41) is 10.0. The molecule has 1 aromatic carbocycles. The molecule has 0 unspecified atom stereocenters. The standard InChI is InChI=1S/C12H11ClN4O2S/c1-14-10(18)9-6-20-12(16-9)17-11(19)15-8-4-2-3-7(13)5-8/h2-6H,1H3,(H,14,18)(H2,15,16,17,19). The van der Waals surface area contributed by atoms with Gasteiger partial charge < -0.3 is 10.6 Å². The lowest BCUT2D eigenvalue weighted by Crippen LogP contribution is -2.20. The summed E-state index contributed by atoms with van der Waals surface area (Å²) in [5.41, 5.74) is 0.827. The van der Waals surface area contributed by atoms with E-state index in [1.165, 1.54) is 18.4 Å². The molecule has 0 aliphatic heterocycles. The number of carbonyl (C=O) groups is 2. The van der Waals surface area contributed by atoms with Crippen molar-refractivity contribution in [2.45, 2.75) is 0 Å². The van der Waals surface area contributed by atoms with Gasteiger partial charge in [-0.15, -0.1) is 11.3 Å². The van der Waals surface area contributed by atoms with Gasteiger partial charge in [0.1, 0.15) is 5.69 Å². The van der Waals surface area contributed by atoms with Crippen molar-refractivity contribution in [1.29, 1.82) is 0 Å². The maximum absolute atomic E-state index is 11.7. The first-order valence-electron chi connectivity index (χ1n) is 5.59. The maximum Gasteiger partial charge on any atom is 0.325 e. The summed E-state index contributed by atoms with van der Waals surface area (Å²) >= 11 is 6.98. The molecule has 0 atom stereocenters. The topological polar surface area (TPSA) is 83.1 Å². The predicted octanol–water partition coefficient (Wildman–Crippen LogP) is 2.80. The van der Waals surface area contributed by atoms with Crippen LogP contribution in [-0.4, -0.2) is 24.0 Å². The second kappa shape index (κ2) is 6.36. The second-order valence-electron chi connectivity index (χ2n) is 3.71. The van der Waals surface area contributed by atoms with E-state index in [2.05, 4.69) is 20.9 Å². The molecular weight excluding hydrogens is 300 g/mol. The lowest BCUT2D eigenvalue weighted by atomic mass is 10.3. The molecule has 2 rings (SSSR count). The molecular formula is C12H11ClN4O2S. The van der Waals surface area contributed by atoms with Crippen LogP contribution in [0.4, 0.5) is 15.6 Å². The van der Waals surface area contributed by atoms with Crippen LogP contribution in [0, 0.1) is 0 Å². The highest BCUT2D eigenvalue weighted by atomic mass is 35.5. The first-order chi connectivity index (χ1) is 9.58. The van der Waals surface area contributed by atoms with Gasteiger partial charge >= 0.3 is 6.03 Å².